The Bertz CT molecular complexity index is 973. The molecule has 5 heteroatoms. The molecule has 26 heavy (non-hydrogen) atoms. The second-order valence-corrected chi connectivity index (χ2v) is 6.94. The second-order valence-electron chi connectivity index (χ2n) is 6.94. The number of hydrogen-bond acceptors (Lipinski definition) is 5. The maximum Gasteiger partial charge on any atom is 0.201 e. The molecule has 2 N–H and O–H groups in total. The Morgan fingerprint density at radius 1 is 1.12 bits per heavy atom. The molecule has 2 unspecified atom stereocenters. The first kappa shape index (κ1) is 16.5. The summed E-state index contributed by atoms with van der Waals surface area (Å²) in [5.41, 5.74) is 1.28. The van der Waals surface area contributed by atoms with Crippen LogP contribution in [0.15, 0.2) is 24.3 Å². The number of rotatable bonds is 2. The molecule has 4 rings (SSSR count). The van der Waals surface area contributed by atoms with Crippen molar-refractivity contribution in [2.45, 2.75) is 32.1 Å². The molecule has 0 saturated carbocycles. The van der Waals surface area contributed by atoms with Gasteiger partial charge in [-0.2, -0.15) is 0 Å². The minimum atomic E-state index is -0.562. The molecule has 0 aromatic heterocycles. The van der Waals surface area contributed by atoms with Crippen molar-refractivity contribution in [3.05, 3.63) is 57.6 Å². The van der Waals surface area contributed by atoms with Crippen molar-refractivity contribution < 1.29 is 24.6 Å². The molecule has 0 bridgehead atoms. The van der Waals surface area contributed by atoms with E-state index in [4.69, 9.17) is 0 Å². The molecule has 2 aromatic carbocycles. The average Bonchev–Trinajstić information content (AvgIpc) is 2.64. The molecule has 2 aliphatic carbocycles. The normalized spacial score (nSPS) is 21.0. The number of aromatic hydroxyl groups is 2. The van der Waals surface area contributed by atoms with Crippen LogP contribution < -0.4 is 0 Å². The zero-order valence-electron chi connectivity index (χ0n) is 14.3. The van der Waals surface area contributed by atoms with Crippen LogP contribution in [0.2, 0.25) is 0 Å². The number of phenolic OH excluding ortho intramolecular Hbond substituents is 2. The Kier molecular flexibility index (Phi) is 3.68. The van der Waals surface area contributed by atoms with E-state index in [1.165, 1.54) is 18.2 Å². The first-order chi connectivity index (χ1) is 12.5. The van der Waals surface area contributed by atoms with E-state index in [1.807, 2.05) is 6.92 Å². The number of ketones is 2. The monoisotopic (exact) mass is 350 g/mol. The Morgan fingerprint density at radius 2 is 1.88 bits per heavy atom. The van der Waals surface area contributed by atoms with Gasteiger partial charge < -0.3 is 15.0 Å². The van der Waals surface area contributed by atoms with Gasteiger partial charge in [-0.3, -0.25) is 9.59 Å². The molecular formula is C21H18O5. The summed E-state index contributed by atoms with van der Waals surface area (Å²) in [4.78, 5) is 37.5. The third-order valence-corrected chi connectivity index (χ3v) is 5.73. The molecule has 0 radical (unpaired) electrons. The number of aldehydes is 1. The predicted octanol–water partition coefficient (Wildman–Crippen LogP) is 3.13. The third-order valence-electron chi connectivity index (χ3n) is 5.73. The summed E-state index contributed by atoms with van der Waals surface area (Å²) in [5, 5.41) is 20.8. The van der Waals surface area contributed by atoms with Gasteiger partial charge in [-0.05, 0) is 42.0 Å². The van der Waals surface area contributed by atoms with E-state index in [1.54, 1.807) is 6.07 Å². The summed E-state index contributed by atoms with van der Waals surface area (Å²) in [6.45, 7) is 2.01. The Labute approximate surface area is 150 Å². The lowest BCUT2D eigenvalue weighted by atomic mass is 9.71. The minimum absolute atomic E-state index is 0.0673. The van der Waals surface area contributed by atoms with Crippen LogP contribution in [0, 0.1) is 5.92 Å². The van der Waals surface area contributed by atoms with Gasteiger partial charge in [-0.25, -0.2) is 0 Å². The molecule has 0 aliphatic heterocycles. The smallest absolute Gasteiger partial charge is 0.201 e. The largest absolute Gasteiger partial charge is 0.507 e. The topological polar surface area (TPSA) is 91.7 Å². The van der Waals surface area contributed by atoms with Gasteiger partial charge in [0.25, 0.3) is 0 Å². The number of carbonyl (C=O) groups excluding carboxylic acids is 3. The van der Waals surface area contributed by atoms with Gasteiger partial charge in [0.15, 0.2) is 5.78 Å². The van der Waals surface area contributed by atoms with E-state index in [2.05, 4.69) is 0 Å². The van der Waals surface area contributed by atoms with Gasteiger partial charge in [0, 0.05) is 17.0 Å². The maximum atomic E-state index is 12.9. The highest BCUT2D eigenvalue weighted by atomic mass is 16.3. The fraction of sp³-hybridized carbons (Fsp3) is 0.286. The molecule has 0 spiro atoms. The van der Waals surface area contributed by atoms with Crippen LogP contribution in [-0.2, 0) is 11.2 Å². The number of phenols is 2. The Balaban J connectivity index is 1.99. The quantitative estimate of drug-likeness (QED) is 0.693. The highest BCUT2D eigenvalue weighted by molar-refractivity contribution is 6.30. The summed E-state index contributed by atoms with van der Waals surface area (Å²) in [5.74, 6) is -1.73. The summed E-state index contributed by atoms with van der Waals surface area (Å²) >= 11 is 0. The SMILES string of the molecule is CCC1CCc2c(cc3c(c2O)C(=O)c2c(O)cccc2C3=O)C1C=O. The Hall–Kier alpha value is -2.95. The fourth-order valence-corrected chi connectivity index (χ4v) is 4.34. The van der Waals surface area contributed by atoms with Gasteiger partial charge >= 0.3 is 0 Å². The first-order valence-electron chi connectivity index (χ1n) is 8.75. The molecule has 2 aromatic rings. The molecule has 132 valence electrons. The van der Waals surface area contributed by atoms with Crippen LogP contribution in [0.3, 0.4) is 0 Å². The number of carbonyl (C=O) groups is 3. The third kappa shape index (κ3) is 2.06. The van der Waals surface area contributed by atoms with Gasteiger partial charge in [0.1, 0.15) is 17.8 Å². The summed E-state index contributed by atoms with van der Waals surface area (Å²) in [6, 6.07) is 5.93. The highest BCUT2D eigenvalue weighted by Gasteiger charge is 2.39. The number of hydrogen-bond donors (Lipinski definition) is 2. The van der Waals surface area contributed by atoms with Crippen molar-refractivity contribution in [3.8, 4) is 11.5 Å². The van der Waals surface area contributed by atoms with E-state index in [9.17, 15) is 24.6 Å². The molecular weight excluding hydrogens is 332 g/mol. The van der Waals surface area contributed by atoms with Crippen molar-refractivity contribution in [2.75, 3.05) is 0 Å². The lowest BCUT2D eigenvalue weighted by Crippen LogP contribution is -2.26. The van der Waals surface area contributed by atoms with E-state index in [-0.39, 0.29) is 39.7 Å². The molecule has 0 fully saturated rings. The fourth-order valence-electron chi connectivity index (χ4n) is 4.34. The van der Waals surface area contributed by atoms with Crippen LogP contribution in [0.5, 0.6) is 11.5 Å². The van der Waals surface area contributed by atoms with E-state index in [0.29, 0.717) is 17.5 Å². The second kappa shape index (κ2) is 5.80. The Morgan fingerprint density at radius 3 is 2.58 bits per heavy atom. The van der Waals surface area contributed by atoms with Gasteiger partial charge in [-0.15, -0.1) is 0 Å². The molecule has 0 saturated heterocycles. The zero-order chi connectivity index (χ0) is 18.6. The molecule has 2 aliphatic rings. The summed E-state index contributed by atoms with van der Waals surface area (Å²) in [7, 11) is 0. The van der Waals surface area contributed by atoms with E-state index >= 15 is 0 Å². The average molecular weight is 350 g/mol. The van der Waals surface area contributed by atoms with Crippen molar-refractivity contribution in [3.63, 3.8) is 0 Å². The van der Waals surface area contributed by atoms with Crippen LogP contribution in [0.25, 0.3) is 0 Å². The summed E-state index contributed by atoms with van der Waals surface area (Å²) < 4.78 is 0. The molecule has 5 nitrogen and oxygen atoms in total. The zero-order valence-corrected chi connectivity index (χ0v) is 14.3. The number of benzene rings is 2. The van der Waals surface area contributed by atoms with Gasteiger partial charge in [0.05, 0.1) is 11.1 Å². The van der Waals surface area contributed by atoms with Crippen molar-refractivity contribution in [1.82, 2.24) is 0 Å². The van der Waals surface area contributed by atoms with E-state index < -0.39 is 17.5 Å². The van der Waals surface area contributed by atoms with Crippen LogP contribution in [0.1, 0.15) is 68.7 Å². The van der Waals surface area contributed by atoms with Crippen molar-refractivity contribution >= 4 is 17.9 Å². The standard InChI is InChI=1S/C21H18O5/c1-2-10-6-7-11-13(15(10)9-22)8-14-18(20(11)25)21(26)17-12(19(14)24)4-3-5-16(17)23/h3-5,8-10,15,23,25H,2,6-7H2,1H3. The highest BCUT2D eigenvalue weighted by Crippen LogP contribution is 2.45. The predicted molar refractivity (Wildman–Crippen MR) is 94.0 cm³/mol. The maximum absolute atomic E-state index is 12.9. The minimum Gasteiger partial charge on any atom is -0.507 e. The van der Waals surface area contributed by atoms with Crippen molar-refractivity contribution in [2.24, 2.45) is 5.92 Å². The molecule has 0 heterocycles. The van der Waals surface area contributed by atoms with Crippen molar-refractivity contribution in [1.29, 1.82) is 0 Å². The van der Waals surface area contributed by atoms with Gasteiger partial charge in [0.2, 0.25) is 5.78 Å². The molecule has 2 atom stereocenters. The first-order valence-corrected chi connectivity index (χ1v) is 8.75. The van der Waals surface area contributed by atoms with Gasteiger partial charge in [-0.1, -0.05) is 25.5 Å². The van der Waals surface area contributed by atoms with Crippen LogP contribution in [-0.4, -0.2) is 28.1 Å². The van der Waals surface area contributed by atoms with Crippen LogP contribution >= 0.6 is 0 Å². The molecule has 0 amide bonds. The summed E-state index contributed by atoms with van der Waals surface area (Å²) in [6.07, 6.45) is 2.98. The van der Waals surface area contributed by atoms with Crippen LogP contribution in [0.4, 0.5) is 0 Å². The van der Waals surface area contributed by atoms with E-state index in [0.717, 1.165) is 19.1 Å². The lowest BCUT2D eigenvalue weighted by Gasteiger charge is -2.32. The lowest BCUT2D eigenvalue weighted by molar-refractivity contribution is -0.110. The number of fused-ring (bicyclic) bond motifs is 3.